The van der Waals surface area contributed by atoms with Crippen molar-refractivity contribution in [2.24, 2.45) is 0 Å². The van der Waals surface area contributed by atoms with Gasteiger partial charge in [0.15, 0.2) is 0 Å². The van der Waals surface area contributed by atoms with Crippen LogP contribution in [0, 0.1) is 6.92 Å². The maximum absolute atomic E-state index is 12.4. The minimum absolute atomic E-state index is 0.0283. The lowest BCUT2D eigenvalue weighted by molar-refractivity contribution is 0.0724. The smallest absolute Gasteiger partial charge is 0.257 e. The zero-order valence-corrected chi connectivity index (χ0v) is 11.9. The van der Waals surface area contributed by atoms with Gasteiger partial charge in [-0.25, -0.2) is 0 Å². The third kappa shape index (κ3) is 3.00. The first-order valence-corrected chi connectivity index (χ1v) is 6.46. The van der Waals surface area contributed by atoms with E-state index in [0.717, 1.165) is 24.2 Å². The Hall–Kier alpha value is -1.58. The molecule has 0 aliphatic rings. The molecule has 100 valence electrons. The van der Waals surface area contributed by atoms with Gasteiger partial charge in [0.2, 0.25) is 0 Å². The Morgan fingerprint density at radius 1 is 1.44 bits per heavy atom. The number of amides is 1. The first kappa shape index (κ1) is 14.5. The summed E-state index contributed by atoms with van der Waals surface area (Å²) in [6, 6.07) is 2.18. The fraction of sp³-hybridized carbons (Fsp3) is 0.571. The van der Waals surface area contributed by atoms with Gasteiger partial charge in [-0.2, -0.15) is 0 Å². The molecule has 1 rings (SSSR count). The second-order valence-corrected chi connectivity index (χ2v) is 4.51. The Bertz CT molecular complexity index is 414. The van der Waals surface area contributed by atoms with E-state index in [4.69, 9.17) is 0 Å². The second-order valence-electron chi connectivity index (χ2n) is 4.51. The average molecular weight is 249 g/mol. The van der Waals surface area contributed by atoms with Crippen LogP contribution in [0.15, 0.2) is 12.3 Å². The molecule has 0 atom stereocenters. The fourth-order valence-corrected chi connectivity index (χ4v) is 2.13. The molecule has 1 amide bonds. The Labute approximate surface area is 109 Å². The maximum atomic E-state index is 12.4. The minimum atomic E-state index is 0.0283. The summed E-state index contributed by atoms with van der Waals surface area (Å²) >= 11 is 0. The van der Waals surface area contributed by atoms with Crippen LogP contribution < -0.4 is 5.32 Å². The van der Waals surface area contributed by atoms with Gasteiger partial charge in [-0.05, 0) is 25.8 Å². The van der Waals surface area contributed by atoms with Crippen LogP contribution in [0.25, 0.3) is 0 Å². The van der Waals surface area contributed by atoms with Gasteiger partial charge in [0.1, 0.15) is 0 Å². The third-order valence-corrected chi connectivity index (χ3v) is 3.35. The van der Waals surface area contributed by atoms with Gasteiger partial charge in [0, 0.05) is 32.0 Å². The molecule has 4 nitrogen and oxygen atoms in total. The fourth-order valence-electron chi connectivity index (χ4n) is 2.13. The number of nitrogens with zero attached hydrogens (tertiary/aromatic N) is 2. The van der Waals surface area contributed by atoms with Gasteiger partial charge in [-0.3, -0.25) is 9.78 Å². The lowest BCUT2D eigenvalue weighted by Crippen LogP contribution is -2.36. The monoisotopic (exact) mass is 249 g/mol. The highest BCUT2D eigenvalue weighted by molar-refractivity contribution is 5.99. The predicted octanol–water partition coefficient (Wildman–Crippen LogP) is 2.69. The normalized spacial score (nSPS) is 10.6. The molecule has 0 aliphatic heterocycles. The molecule has 0 spiro atoms. The number of hydrogen-bond acceptors (Lipinski definition) is 3. The van der Waals surface area contributed by atoms with Crippen molar-refractivity contribution in [3.63, 3.8) is 0 Å². The molecule has 1 aromatic rings. The topological polar surface area (TPSA) is 45.2 Å². The summed E-state index contributed by atoms with van der Waals surface area (Å²) in [7, 11) is 3.68. The van der Waals surface area contributed by atoms with E-state index in [0.29, 0.717) is 5.56 Å². The van der Waals surface area contributed by atoms with Crippen molar-refractivity contribution in [2.45, 2.75) is 39.7 Å². The van der Waals surface area contributed by atoms with Crippen molar-refractivity contribution in [2.75, 3.05) is 19.4 Å². The van der Waals surface area contributed by atoms with Crippen LogP contribution in [-0.2, 0) is 0 Å². The summed E-state index contributed by atoms with van der Waals surface area (Å²) < 4.78 is 0. The van der Waals surface area contributed by atoms with Crippen LogP contribution in [0.2, 0.25) is 0 Å². The number of rotatable bonds is 5. The van der Waals surface area contributed by atoms with Gasteiger partial charge < -0.3 is 10.2 Å². The molecule has 0 aromatic carbocycles. The minimum Gasteiger partial charge on any atom is -0.387 e. The zero-order chi connectivity index (χ0) is 13.7. The second kappa shape index (κ2) is 6.38. The van der Waals surface area contributed by atoms with Crippen molar-refractivity contribution in [3.05, 3.63) is 23.5 Å². The maximum Gasteiger partial charge on any atom is 0.257 e. The average Bonchev–Trinajstić information content (AvgIpc) is 2.39. The van der Waals surface area contributed by atoms with Gasteiger partial charge in [0.25, 0.3) is 5.91 Å². The zero-order valence-electron chi connectivity index (χ0n) is 11.9. The lowest BCUT2D eigenvalue weighted by atomic mass is 10.1. The largest absolute Gasteiger partial charge is 0.387 e. The lowest BCUT2D eigenvalue weighted by Gasteiger charge is -2.27. The Balaban J connectivity index is 3.03. The molecule has 1 aromatic heterocycles. The number of nitrogens with one attached hydrogen (secondary N) is 1. The van der Waals surface area contributed by atoms with Gasteiger partial charge in [-0.1, -0.05) is 13.8 Å². The van der Waals surface area contributed by atoms with Crippen LogP contribution in [0.4, 0.5) is 5.69 Å². The van der Waals surface area contributed by atoms with Crippen molar-refractivity contribution in [3.8, 4) is 0 Å². The van der Waals surface area contributed by atoms with E-state index < -0.39 is 0 Å². The van der Waals surface area contributed by atoms with Crippen LogP contribution in [0.3, 0.4) is 0 Å². The number of carbonyl (C=O) groups excluding carboxylic acids is 1. The molecule has 1 heterocycles. The number of aromatic nitrogens is 1. The Morgan fingerprint density at radius 2 is 2.06 bits per heavy atom. The molecular weight excluding hydrogens is 226 g/mol. The molecular formula is C14H23N3O. The van der Waals surface area contributed by atoms with E-state index in [2.05, 4.69) is 24.1 Å². The highest BCUT2D eigenvalue weighted by Gasteiger charge is 2.20. The van der Waals surface area contributed by atoms with Gasteiger partial charge in [-0.15, -0.1) is 0 Å². The first-order valence-electron chi connectivity index (χ1n) is 6.46. The quantitative estimate of drug-likeness (QED) is 0.872. The van der Waals surface area contributed by atoms with Gasteiger partial charge >= 0.3 is 0 Å². The summed E-state index contributed by atoms with van der Waals surface area (Å²) in [5.74, 6) is 0.0283. The van der Waals surface area contributed by atoms with Crippen LogP contribution in [0.1, 0.15) is 42.7 Å². The molecule has 0 fully saturated rings. The number of carbonyl (C=O) groups is 1. The summed E-state index contributed by atoms with van der Waals surface area (Å²) in [5, 5.41) is 3.06. The summed E-state index contributed by atoms with van der Waals surface area (Å²) in [6.45, 7) is 6.12. The van der Waals surface area contributed by atoms with Crippen molar-refractivity contribution in [1.29, 1.82) is 0 Å². The van der Waals surface area contributed by atoms with E-state index in [1.165, 1.54) is 0 Å². The summed E-state index contributed by atoms with van der Waals surface area (Å²) in [6.07, 6.45) is 3.59. The SMILES string of the molecule is CCC(CC)N(C)C(=O)c1cnc(C)cc1NC. The molecule has 18 heavy (non-hydrogen) atoms. The van der Waals surface area contributed by atoms with Crippen LogP contribution >= 0.6 is 0 Å². The van der Waals surface area contributed by atoms with Crippen molar-refractivity contribution in [1.82, 2.24) is 9.88 Å². The number of anilines is 1. The number of hydrogen-bond donors (Lipinski definition) is 1. The molecule has 0 bridgehead atoms. The van der Waals surface area contributed by atoms with Crippen molar-refractivity contribution >= 4 is 11.6 Å². The van der Waals surface area contributed by atoms with E-state index in [1.807, 2.05) is 32.0 Å². The molecule has 0 aliphatic carbocycles. The molecule has 4 heteroatoms. The van der Waals surface area contributed by atoms with E-state index >= 15 is 0 Å². The molecule has 0 radical (unpaired) electrons. The first-order chi connectivity index (χ1) is 8.54. The van der Waals surface area contributed by atoms with E-state index in [-0.39, 0.29) is 11.9 Å². The predicted molar refractivity (Wildman–Crippen MR) is 75.0 cm³/mol. The van der Waals surface area contributed by atoms with E-state index in [9.17, 15) is 4.79 Å². The highest BCUT2D eigenvalue weighted by atomic mass is 16.2. The highest BCUT2D eigenvalue weighted by Crippen LogP contribution is 2.19. The standard InChI is InChI=1S/C14H23N3O/c1-6-11(7-2)17(5)14(18)12-9-16-10(3)8-13(12)15-4/h8-9,11H,6-7H2,1-5H3,(H,15,16). The molecule has 0 saturated heterocycles. The third-order valence-electron chi connectivity index (χ3n) is 3.35. The van der Waals surface area contributed by atoms with Gasteiger partial charge in [0.05, 0.1) is 11.3 Å². The Kier molecular flexibility index (Phi) is 5.13. The molecule has 1 N–H and O–H groups in total. The number of pyridine rings is 1. The summed E-state index contributed by atoms with van der Waals surface area (Å²) in [4.78, 5) is 18.5. The van der Waals surface area contributed by atoms with Crippen LogP contribution in [-0.4, -0.2) is 35.9 Å². The molecule has 0 unspecified atom stereocenters. The van der Waals surface area contributed by atoms with E-state index in [1.54, 1.807) is 6.20 Å². The number of aryl methyl sites for hydroxylation is 1. The summed E-state index contributed by atoms with van der Waals surface area (Å²) in [5.41, 5.74) is 2.38. The van der Waals surface area contributed by atoms with Crippen LogP contribution in [0.5, 0.6) is 0 Å². The molecule has 0 saturated carbocycles. The van der Waals surface area contributed by atoms with Crippen molar-refractivity contribution < 1.29 is 4.79 Å². The Morgan fingerprint density at radius 3 is 2.56 bits per heavy atom.